The number of piperidine rings is 1. The van der Waals surface area contributed by atoms with Crippen molar-refractivity contribution in [2.24, 2.45) is 0 Å². The van der Waals surface area contributed by atoms with Crippen LogP contribution in [0.2, 0.25) is 5.02 Å². The zero-order valence-corrected chi connectivity index (χ0v) is 23.4. The Morgan fingerprint density at radius 2 is 1.64 bits per heavy atom. The van der Waals surface area contributed by atoms with Gasteiger partial charge in [0.25, 0.3) is 0 Å². The molecule has 1 N–H and O–H groups in total. The molecule has 0 bridgehead atoms. The number of para-hydroxylation sites is 2. The first-order valence-corrected chi connectivity index (χ1v) is 13.6. The van der Waals surface area contributed by atoms with Crippen molar-refractivity contribution in [1.82, 2.24) is 19.4 Å². The van der Waals surface area contributed by atoms with Crippen LogP contribution in [-0.2, 0) is 17.8 Å². The third-order valence-corrected chi connectivity index (χ3v) is 7.34. The van der Waals surface area contributed by atoms with Crippen molar-refractivity contribution in [1.29, 1.82) is 0 Å². The topological polar surface area (TPSA) is 70.6 Å². The number of aromatic amines is 1. The van der Waals surface area contributed by atoms with Gasteiger partial charge >= 0.3 is 11.8 Å². The number of fused-ring (bicyclic) bond motifs is 1. The van der Waals surface area contributed by atoms with Gasteiger partial charge in [0, 0.05) is 43.8 Å². The van der Waals surface area contributed by atoms with Crippen molar-refractivity contribution < 1.29 is 9.53 Å². The first kappa shape index (κ1) is 28.7. The number of aromatic nitrogens is 2. The third-order valence-electron chi connectivity index (χ3n) is 7.10. The van der Waals surface area contributed by atoms with Gasteiger partial charge in [-0.15, -0.1) is 12.4 Å². The van der Waals surface area contributed by atoms with Gasteiger partial charge in [-0.1, -0.05) is 66.2 Å². The van der Waals surface area contributed by atoms with Crippen molar-refractivity contribution in [3.05, 3.63) is 105 Å². The number of rotatable bonds is 9. The number of benzene rings is 3. The molecular formula is C30H34Cl2N4O3. The fourth-order valence-electron chi connectivity index (χ4n) is 5.23. The first-order chi connectivity index (χ1) is 18.6. The maximum atomic E-state index is 12.7. The molecule has 5 rings (SSSR count). The normalized spacial score (nSPS) is 13.9. The van der Waals surface area contributed by atoms with Gasteiger partial charge < -0.3 is 14.6 Å². The molecule has 9 heteroatoms. The summed E-state index contributed by atoms with van der Waals surface area (Å²) in [5.41, 5.74) is 4.06. The smallest absolute Gasteiger partial charge is 0.409 e. The van der Waals surface area contributed by atoms with Gasteiger partial charge in [0.05, 0.1) is 17.6 Å². The maximum Gasteiger partial charge on any atom is 0.409 e. The molecular weight excluding hydrogens is 535 g/mol. The monoisotopic (exact) mass is 568 g/mol. The molecule has 0 spiro atoms. The molecule has 0 aliphatic carbocycles. The number of hydrogen-bond donors (Lipinski definition) is 1. The maximum absolute atomic E-state index is 12.7. The summed E-state index contributed by atoms with van der Waals surface area (Å²) in [5, 5.41) is 0.731. The van der Waals surface area contributed by atoms with E-state index in [4.69, 9.17) is 16.3 Å². The number of amides is 1. The zero-order valence-electron chi connectivity index (χ0n) is 21.8. The standard InChI is InChI=1S/C30H33ClN4O3.ClH/c31-25-11-6-10-24(20-25)22-33(21-23-8-2-1-3-9-23)16-7-19-38-30(37)34-17-14-26(15-18-34)35-28-13-5-4-12-27(28)32-29(35)36;/h1-6,8-13,20,26H,7,14-19,21-22H2,(H,32,36);1H. The number of nitrogens with zero attached hydrogens (tertiary/aromatic N) is 3. The predicted octanol–water partition coefficient (Wildman–Crippen LogP) is 6.27. The van der Waals surface area contributed by atoms with E-state index < -0.39 is 0 Å². The van der Waals surface area contributed by atoms with Crippen molar-refractivity contribution in [3.8, 4) is 0 Å². The number of carbonyl (C=O) groups is 1. The molecule has 0 unspecified atom stereocenters. The number of H-pyrrole nitrogens is 1. The van der Waals surface area contributed by atoms with Crippen LogP contribution >= 0.6 is 24.0 Å². The second kappa shape index (κ2) is 13.7. The Labute approximate surface area is 239 Å². The summed E-state index contributed by atoms with van der Waals surface area (Å²) in [7, 11) is 0. The van der Waals surface area contributed by atoms with E-state index >= 15 is 0 Å². The number of ether oxygens (including phenoxy) is 1. The highest BCUT2D eigenvalue weighted by Crippen LogP contribution is 2.25. The number of likely N-dealkylation sites (tertiary alicyclic amines) is 1. The Bertz CT molecular complexity index is 1410. The van der Waals surface area contributed by atoms with Crippen LogP contribution in [0.4, 0.5) is 4.79 Å². The molecule has 7 nitrogen and oxygen atoms in total. The summed E-state index contributed by atoms with van der Waals surface area (Å²) >= 11 is 6.20. The molecule has 3 aromatic carbocycles. The van der Waals surface area contributed by atoms with Crippen LogP contribution < -0.4 is 5.69 Å². The number of nitrogens with one attached hydrogen (secondary N) is 1. The summed E-state index contributed by atoms with van der Waals surface area (Å²) in [5.74, 6) is 0. The van der Waals surface area contributed by atoms with Crippen LogP contribution in [0.25, 0.3) is 11.0 Å². The summed E-state index contributed by atoms with van der Waals surface area (Å²) in [6.07, 6.45) is 1.91. The molecule has 4 aromatic rings. The highest BCUT2D eigenvalue weighted by molar-refractivity contribution is 6.30. The lowest BCUT2D eigenvalue weighted by Gasteiger charge is -2.32. The van der Waals surface area contributed by atoms with Gasteiger partial charge in [-0.3, -0.25) is 9.47 Å². The Balaban J connectivity index is 0.00000353. The lowest BCUT2D eigenvalue weighted by Crippen LogP contribution is -2.41. The van der Waals surface area contributed by atoms with E-state index in [1.165, 1.54) is 5.56 Å². The van der Waals surface area contributed by atoms with E-state index in [2.05, 4.69) is 28.1 Å². The van der Waals surface area contributed by atoms with E-state index in [1.54, 1.807) is 4.90 Å². The molecule has 1 aliphatic rings. The summed E-state index contributed by atoms with van der Waals surface area (Å²) in [6.45, 7) is 3.88. The molecule has 1 aromatic heterocycles. The van der Waals surface area contributed by atoms with Crippen LogP contribution in [0.15, 0.2) is 83.7 Å². The largest absolute Gasteiger partial charge is 0.449 e. The molecule has 1 fully saturated rings. The van der Waals surface area contributed by atoms with Crippen LogP contribution in [0.3, 0.4) is 0 Å². The number of carbonyl (C=O) groups excluding carboxylic acids is 1. The molecule has 2 heterocycles. The van der Waals surface area contributed by atoms with Crippen molar-refractivity contribution in [2.45, 2.75) is 38.4 Å². The minimum Gasteiger partial charge on any atom is -0.449 e. The summed E-state index contributed by atoms with van der Waals surface area (Å²) < 4.78 is 7.47. The molecule has 0 atom stereocenters. The average Bonchev–Trinajstić information content (AvgIpc) is 3.27. The molecule has 0 saturated carbocycles. The van der Waals surface area contributed by atoms with E-state index in [0.29, 0.717) is 19.7 Å². The lowest BCUT2D eigenvalue weighted by molar-refractivity contribution is 0.0840. The second-order valence-corrected chi connectivity index (χ2v) is 10.3. The highest BCUT2D eigenvalue weighted by Gasteiger charge is 2.26. The van der Waals surface area contributed by atoms with Crippen molar-refractivity contribution in [3.63, 3.8) is 0 Å². The van der Waals surface area contributed by atoms with Crippen LogP contribution in [0.1, 0.15) is 36.4 Å². The van der Waals surface area contributed by atoms with Gasteiger partial charge in [-0.2, -0.15) is 0 Å². The Morgan fingerprint density at radius 1 is 0.949 bits per heavy atom. The average molecular weight is 570 g/mol. The quantitative estimate of drug-likeness (QED) is 0.241. The van der Waals surface area contributed by atoms with Gasteiger partial charge in [0.1, 0.15) is 0 Å². The van der Waals surface area contributed by atoms with E-state index in [-0.39, 0.29) is 30.2 Å². The van der Waals surface area contributed by atoms with Crippen LogP contribution in [-0.4, -0.2) is 51.7 Å². The number of hydrogen-bond acceptors (Lipinski definition) is 4. The van der Waals surface area contributed by atoms with Crippen LogP contribution in [0, 0.1) is 0 Å². The predicted molar refractivity (Wildman–Crippen MR) is 158 cm³/mol. The van der Waals surface area contributed by atoms with Crippen LogP contribution in [0.5, 0.6) is 0 Å². The van der Waals surface area contributed by atoms with Crippen molar-refractivity contribution >= 4 is 41.1 Å². The zero-order chi connectivity index (χ0) is 26.3. The molecule has 0 radical (unpaired) electrons. The highest BCUT2D eigenvalue weighted by atomic mass is 35.5. The lowest BCUT2D eigenvalue weighted by atomic mass is 10.0. The summed E-state index contributed by atoms with van der Waals surface area (Å²) in [4.78, 5) is 32.3. The fraction of sp³-hybridized carbons (Fsp3) is 0.333. The third kappa shape index (κ3) is 7.44. The Kier molecular flexibility index (Phi) is 10.1. The molecule has 39 heavy (non-hydrogen) atoms. The Hall–Kier alpha value is -3.26. The minimum absolute atomic E-state index is 0. The van der Waals surface area contributed by atoms with E-state index in [9.17, 15) is 9.59 Å². The molecule has 1 aliphatic heterocycles. The van der Waals surface area contributed by atoms with Gasteiger partial charge in [-0.25, -0.2) is 9.59 Å². The van der Waals surface area contributed by atoms with E-state index in [1.807, 2.05) is 65.2 Å². The van der Waals surface area contributed by atoms with Crippen molar-refractivity contribution in [2.75, 3.05) is 26.2 Å². The fourth-order valence-corrected chi connectivity index (χ4v) is 5.44. The second-order valence-electron chi connectivity index (χ2n) is 9.83. The van der Waals surface area contributed by atoms with Gasteiger partial charge in [0.15, 0.2) is 0 Å². The Morgan fingerprint density at radius 3 is 2.41 bits per heavy atom. The van der Waals surface area contributed by atoms with Gasteiger partial charge in [-0.05, 0) is 54.7 Å². The van der Waals surface area contributed by atoms with E-state index in [0.717, 1.165) is 60.5 Å². The SMILES string of the molecule is Cl.O=C(OCCCN(Cc1ccccc1)Cc1cccc(Cl)c1)N1CCC(n2c(=O)[nH]c3ccccc32)CC1. The molecule has 1 amide bonds. The summed E-state index contributed by atoms with van der Waals surface area (Å²) in [6, 6.07) is 26.1. The minimum atomic E-state index is -0.279. The molecule has 1 saturated heterocycles. The number of halogens is 2. The molecule has 206 valence electrons. The van der Waals surface area contributed by atoms with Gasteiger partial charge in [0.2, 0.25) is 0 Å². The first-order valence-electron chi connectivity index (χ1n) is 13.2. The number of imidazole rings is 1.